The molecule has 0 aliphatic carbocycles. The number of nitrogens with zero attached hydrogens (tertiary/aromatic N) is 1. The third-order valence-electron chi connectivity index (χ3n) is 3.50. The molecule has 1 aliphatic heterocycles. The van der Waals surface area contributed by atoms with Gasteiger partial charge in [-0.15, -0.1) is 11.6 Å². The second kappa shape index (κ2) is 5.71. The molecule has 2 unspecified atom stereocenters. The van der Waals surface area contributed by atoms with E-state index < -0.39 is 5.54 Å². The molecule has 1 heterocycles. The molecule has 0 aromatic carbocycles. The highest BCUT2D eigenvalue weighted by atomic mass is 35.5. The van der Waals surface area contributed by atoms with Crippen LogP contribution >= 0.6 is 11.6 Å². The lowest BCUT2D eigenvalue weighted by atomic mass is 9.99. The average molecular weight is 261 g/mol. The fourth-order valence-corrected chi connectivity index (χ4v) is 2.24. The van der Waals surface area contributed by atoms with Gasteiger partial charge in [0.2, 0.25) is 0 Å². The molecule has 0 spiro atoms. The van der Waals surface area contributed by atoms with Crippen LogP contribution in [0.5, 0.6) is 0 Å². The molecule has 1 rings (SSSR count). The van der Waals surface area contributed by atoms with Crippen LogP contribution in [-0.2, 0) is 4.79 Å². The van der Waals surface area contributed by atoms with Crippen molar-refractivity contribution in [1.82, 2.24) is 10.2 Å². The molecule has 1 saturated heterocycles. The van der Waals surface area contributed by atoms with Crippen molar-refractivity contribution in [3.8, 4) is 0 Å². The van der Waals surface area contributed by atoms with E-state index in [9.17, 15) is 9.59 Å². The number of halogens is 1. The van der Waals surface area contributed by atoms with Gasteiger partial charge in [0.25, 0.3) is 5.91 Å². The van der Waals surface area contributed by atoms with E-state index in [-0.39, 0.29) is 11.9 Å². The number of carbonyl (C=O) groups excluding carboxylic acids is 2. The molecule has 5 heteroatoms. The molecule has 0 saturated carbocycles. The summed E-state index contributed by atoms with van der Waals surface area (Å²) >= 11 is 5.66. The Balaban J connectivity index is 2.55. The van der Waals surface area contributed by atoms with Crippen LogP contribution in [0.4, 0.5) is 4.79 Å². The largest absolute Gasteiger partial charge is 0.325 e. The zero-order valence-corrected chi connectivity index (χ0v) is 11.5. The van der Waals surface area contributed by atoms with Gasteiger partial charge in [0, 0.05) is 12.4 Å². The van der Waals surface area contributed by atoms with Gasteiger partial charge in [0.05, 0.1) is 0 Å². The summed E-state index contributed by atoms with van der Waals surface area (Å²) in [5.74, 6) is 0.943. The molecule has 4 nitrogen and oxygen atoms in total. The second-order valence-electron chi connectivity index (χ2n) is 4.94. The quantitative estimate of drug-likeness (QED) is 0.589. The lowest BCUT2D eigenvalue weighted by Crippen LogP contribution is -2.43. The molecule has 1 N–H and O–H groups in total. The first-order valence-electron chi connectivity index (χ1n) is 6.14. The van der Waals surface area contributed by atoms with Crippen molar-refractivity contribution in [2.75, 3.05) is 12.4 Å². The molecule has 0 bridgehead atoms. The van der Waals surface area contributed by atoms with Crippen molar-refractivity contribution < 1.29 is 9.59 Å². The van der Waals surface area contributed by atoms with E-state index >= 15 is 0 Å². The minimum absolute atomic E-state index is 0.108. The van der Waals surface area contributed by atoms with Crippen LogP contribution in [0, 0.1) is 5.92 Å². The fraction of sp³-hybridized carbons (Fsp3) is 0.833. The van der Waals surface area contributed by atoms with Crippen molar-refractivity contribution in [2.45, 2.75) is 45.6 Å². The standard InChI is InChI=1S/C12H21ClN2O2/c1-4-12(3)10(16)15(11(17)14-12)8-6-9(2)5-7-13/h9H,4-8H2,1-3H3,(H,14,17). The Labute approximate surface area is 108 Å². The first-order valence-corrected chi connectivity index (χ1v) is 6.68. The Hall–Kier alpha value is -0.770. The van der Waals surface area contributed by atoms with E-state index in [0.29, 0.717) is 24.8 Å². The first-order chi connectivity index (χ1) is 7.94. The smallest absolute Gasteiger partial charge is 0.323 e. The molecule has 2 atom stereocenters. The van der Waals surface area contributed by atoms with Crippen molar-refractivity contribution in [2.24, 2.45) is 5.92 Å². The predicted molar refractivity (Wildman–Crippen MR) is 68.1 cm³/mol. The molecule has 98 valence electrons. The van der Waals surface area contributed by atoms with Crippen LogP contribution in [0.1, 0.15) is 40.0 Å². The van der Waals surface area contributed by atoms with E-state index in [0.717, 1.165) is 12.8 Å². The Morgan fingerprint density at radius 3 is 2.53 bits per heavy atom. The molecule has 0 aromatic heterocycles. The number of alkyl halides is 1. The van der Waals surface area contributed by atoms with Gasteiger partial charge in [0.15, 0.2) is 0 Å². The Morgan fingerprint density at radius 1 is 1.41 bits per heavy atom. The number of carbonyl (C=O) groups is 2. The van der Waals surface area contributed by atoms with E-state index in [2.05, 4.69) is 12.2 Å². The maximum absolute atomic E-state index is 12.1. The summed E-state index contributed by atoms with van der Waals surface area (Å²) in [4.78, 5) is 25.1. The first kappa shape index (κ1) is 14.3. The second-order valence-corrected chi connectivity index (χ2v) is 5.32. The van der Waals surface area contributed by atoms with Gasteiger partial charge >= 0.3 is 6.03 Å². The van der Waals surface area contributed by atoms with Crippen LogP contribution in [0.2, 0.25) is 0 Å². The summed E-state index contributed by atoms with van der Waals surface area (Å²) < 4.78 is 0. The highest BCUT2D eigenvalue weighted by Crippen LogP contribution is 2.22. The maximum Gasteiger partial charge on any atom is 0.325 e. The van der Waals surface area contributed by atoms with Gasteiger partial charge < -0.3 is 5.32 Å². The molecule has 0 aromatic rings. The van der Waals surface area contributed by atoms with Gasteiger partial charge in [0.1, 0.15) is 5.54 Å². The van der Waals surface area contributed by atoms with Gasteiger partial charge in [-0.2, -0.15) is 0 Å². The molecular formula is C12H21ClN2O2. The number of amides is 3. The van der Waals surface area contributed by atoms with E-state index in [1.807, 2.05) is 6.92 Å². The zero-order chi connectivity index (χ0) is 13.1. The summed E-state index contributed by atoms with van der Waals surface area (Å²) in [5, 5.41) is 2.75. The molecule has 17 heavy (non-hydrogen) atoms. The normalized spacial score (nSPS) is 26.2. The highest BCUT2D eigenvalue weighted by Gasteiger charge is 2.46. The number of hydrogen-bond donors (Lipinski definition) is 1. The lowest BCUT2D eigenvalue weighted by Gasteiger charge is -2.20. The third-order valence-corrected chi connectivity index (χ3v) is 3.72. The SMILES string of the molecule is CCC1(C)NC(=O)N(CCC(C)CCCl)C1=O. The molecule has 1 aliphatic rings. The van der Waals surface area contributed by atoms with Crippen LogP contribution in [0.15, 0.2) is 0 Å². The van der Waals surface area contributed by atoms with Crippen molar-refractivity contribution >= 4 is 23.5 Å². The van der Waals surface area contributed by atoms with Gasteiger partial charge in [-0.25, -0.2) is 4.79 Å². The highest BCUT2D eigenvalue weighted by molar-refractivity contribution is 6.17. The topological polar surface area (TPSA) is 49.4 Å². The lowest BCUT2D eigenvalue weighted by molar-refractivity contribution is -0.130. The monoisotopic (exact) mass is 260 g/mol. The number of imide groups is 1. The van der Waals surface area contributed by atoms with Crippen LogP contribution in [0.25, 0.3) is 0 Å². The number of rotatable bonds is 6. The number of nitrogens with one attached hydrogen (secondary N) is 1. The van der Waals surface area contributed by atoms with Crippen molar-refractivity contribution in [1.29, 1.82) is 0 Å². The molecule has 1 fully saturated rings. The van der Waals surface area contributed by atoms with Crippen molar-refractivity contribution in [3.63, 3.8) is 0 Å². The van der Waals surface area contributed by atoms with E-state index in [1.54, 1.807) is 6.92 Å². The summed E-state index contributed by atoms with van der Waals surface area (Å²) in [5.41, 5.74) is -0.715. The maximum atomic E-state index is 12.1. The predicted octanol–water partition coefficient (Wildman–Crippen LogP) is 2.36. The minimum atomic E-state index is -0.715. The average Bonchev–Trinajstić information content (AvgIpc) is 2.49. The summed E-state index contributed by atoms with van der Waals surface area (Å²) in [7, 11) is 0. The fourth-order valence-electron chi connectivity index (χ4n) is 1.87. The summed E-state index contributed by atoms with van der Waals surface area (Å²) in [6, 6.07) is -0.266. The van der Waals surface area contributed by atoms with E-state index in [4.69, 9.17) is 11.6 Å². The van der Waals surface area contributed by atoms with Gasteiger partial charge in [-0.05, 0) is 32.1 Å². The summed E-state index contributed by atoms with van der Waals surface area (Å²) in [6.45, 7) is 6.24. The number of hydrogen-bond acceptors (Lipinski definition) is 2. The Bertz CT molecular complexity index is 309. The minimum Gasteiger partial charge on any atom is -0.323 e. The Kier molecular flexibility index (Phi) is 4.80. The van der Waals surface area contributed by atoms with Gasteiger partial charge in [-0.1, -0.05) is 13.8 Å². The molecule has 3 amide bonds. The zero-order valence-electron chi connectivity index (χ0n) is 10.8. The Morgan fingerprint density at radius 2 is 2.06 bits per heavy atom. The van der Waals surface area contributed by atoms with Crippen LogP contribution in [-0.4, -0.2) is 34.8 Å². The number of urea groups is 1. The third kappa shape index (κ3) is 3.12. The summed E-state index contributed by atoms with van der Waals surface area (Å²) in [6.07, 6.45) is 2.34. The molecular weight excluding hydrogens is 240 g/mol. The molecule has 0 radical (unpaired) electrons. The van der Waals surface area contributed by atoms with Crippen LogP contribution in [0.3, 0.4) is 0 Å². The van der Waals surface area contributed by atoms with Gasteiger partial charge in [-0.3, -0.25) is 9.69 Å². The van der Waals surface area contributed by atoms with E-state index in [1.165, 1.54) is 4.90 Å². The van der Waals surface area contributed by atoms with Crippen LogP contribution < -0.4 is 5.32 Å². The van der Waals surface area contributed by atoms with Crippen molar-refractivity contribution in [3.05, 3.63) is 0 Å².